The molecule has 2 heterocycles. The smallest absolute Gasteiger partial charge is 0.407 e. The quantitative estimate of drug-likeness (QED) is 0.606. The molecule has 3 saturated carbocycles. The number of nitrogens with one attached hydrogen (secondary N) is 2. The number of nitrogens with zero attached hydrogens (tertiary/aromatic N) is 2. The maximum atomic E-state index is 12.2. The highest BCUT2D eigenvalue weighted by atomic mass is 16.5. The van der Waals surface area contributed by atoms with Gasteiger partial charge < -0.3 is 15.2 Å². The predicted molar refractivity (Wildman–Crippen MR) is 106 cm³/mol. The van der Waals surface area contributed by atoms with Crippen LogP contribution in [-0.2, 0) is 27.4 Å². The third kappa shape index (κ3) is 3.36. The maximum absolute atomic E-state index is 12.2. The Morgan fingerprint density at radius 2 is 2.13 bits per heavy atom. The average Bonchev–Trinajstić information content (AvgIpc) is 3.00. The topological polar surface area (TPSA) is 132 Å². The van der Waals surface area contributed by atoms with Crippen LogP contribution in [0.3, 0.4) is 0 Å². The third-order valence-corrected chi connectivity index (χ3v) is 7.09. The van der Waals surface area contributed by atoms with Crippen LogP contribution in [0.2, 0.25) is 0 Å². The van der Waals surface area contributed by atoms with Crippen molar-refractivity contribution in [2.45, 2.75) is 57.5 Å². The fourth-order valence-corrected chi connectivity index (χ4v) is 5.59. The Balaban J connectivity index is 1.14. The van der Waals surface area contributed by atoms with Crippen molar-refractivity contribution in [1.82, 2.24) is 15.5 Å². The van der Waals surface area contributed by atoms with E-state index in [1.807, 2.05) is 18.2 Å². The standard InChI is InChI=1S/C22H24N4O5/c23-11-21-8-22(9-21,10-21)12-31-20(30)24-6-13-1-2-14-7-26(19(29)15(14)5-13)16-3-4-17(27)25-18(16)28/h1-2,5,16,19,29H,3-4,6-10,12H2,(H,24,30)(H,25,27,28). The largest absolute Gasteiger partial charge is 0.449 e. The fourth-order valence-electron chi connectivity index (χ4n) is 5.59. The first kappa shape index (κ1) is 20.0. The maximum Gasteiger partial charge on any atom is 0.407 e. The Hall–Kier alpha value is -2.96. The molecule has 2 atom stereocenters. The van der Waals surface area contributed by atoms with Gasteiger partial charge in [0, 0.05) is 30.5 Å². The van der Waals surface area contributed by atoms with Crippen molar-refractivity contribution in [3.63, 3.8) is 0 Å². The minimum atomic E-state index is -0.942. The normalized spacial score (nSPS) is 33.4. The zero-order valence-corrected chi connectivity index (χ0v) is 17.0. The van der Waals surface area contributed by atoms with E-state index in [1.165, 1.54) is 0 Å². The number of aliphatic hydroxyl groups is 1. The van der Waals surface area contributed by atoms with Gasteiger partial charge in [-0.2, -0.15) is 5.26 Å². The summed E-state index contributed by atoms with van der Waals surface area (Å²) in [6.45, 7) is 1.02. The van der Waals surface area contributed by atoms with E-state index in [-0.39, 0.29) is 35.6 Å². The van der Waals surface area contributed by atoms with Gasteiger partial charge >= 0.3 is 6.09 Å². The van der Waals surface area contributed by atoms with Crippen molar-refractivity contribution in [1.29, 1.82) is 5.26 Å². The number of rotatable bonds is 5. The number of carbonyl (C=O) groups excluding carboxylic acids is 3. The van der Waals surface area contributed by atoms with E-state index in [1.54, 1.807) is 4.90 Å². The number of hydrogen-bond acceptors (Lipinski definition) is 7. The van der Waals surface area contributed by atoms with E-state index in [0.29, 0.717) is 25.1 Å². The molecule has 2 unspecified atom stereocenters. The summed E-state index contributed by atoms with van der Waals surface area (Å²) in [6, 6.07) is 7.37. The number of ether oxygens (including phenoxy) is 1. The van der Waals surface area contributed by atoms with Crippen LogP contribution in [0.1, 0.15) is 55.0 Å². The van der Waals surface area contributed by atoms with E-state index in [2.05, 4.69) is 16.7 Å². The fraction of sp³-hybridized carbons (Fsp3) is 0.545. The highest BCUT2D eigenvalue weighted by Crippen LogP contribution is 2.72. The first-order chi connectivity index (χ1) is 14.8. The van der Waals surface area contributed by atoms with Crippen LogP contribution < -0.4 is 10.6 Å². The lowest BCUT2D eigenvalue weighted by molar-refractivity contribution is -0.187. The van der Waals surface area contributed by atoms with Gasteiger partial charge in [-0.05, 0) is 42.9 Å². The second-order valence-electron chi connectivity index (χ2n) is 9.40. The van der Waals surface area contributed by atoms with Crippen molar-refractivity contribution < 1.29 is 24.2 Å². The number of hydrogen-bond donors (Lipinski definition) is 3. The number of amides is 3. The number of imide groups is 1. The number of benzene rings is 1. The molecular formula is C22H24N4O5. The second-order valence-corrected chi connectivity index (χ2v) is 9.40. The van der Waals surface area contributed by atoms with Gasteiger partial charge in [0.1, 0.15) is 6.23 Å². The van der Waals surface area contributed by atoms with Gasteiger partial charge in [-0.25, -0.2) is 4.79 Å². The minimum Gasteiger partial charge on any atom is -0.449 e. The van der Waals surface area contributed by atoms with Crippen molar-refractivity contribution in [2.75, 3.05) is 6.61 Å². The van der Waals surface area contributed by atoms with E-state index in [4.69, 9.17) is 10.00 Å². The molecule has 1 aromatic rings. The zero-order valence-electron chi connectivity index (χ0n) is 17.0. The van der Waals surface area contributed by atoms with Crippen LogP contribution in [0.4, 0.5) is 4.79 Å². The van der Waals surface area contributed by atoms with Crippen LogP contribution in [0, 0.1) is 22.2 Å². The molecule has 6 rings (SSSR count). The monoisotopic (exact) mass is 424 g/mol. The molecule has 9 heteroatoms. The molecular weight excluding hydrogens is 400 g/mol. The van der Waals surface area contributed by atoms with Gasteiger partial charge in [-0.3, -0.25) is 19.8 Å². The number of alkyl carbamates (subject to hydrolysis) is 1. The summed E-state index contributed by atoms with van der Waals surface area (Å²) < 4.78 is 5.34. The number of piperidine rings is 1. The van der Waals surface area contributed by atoms with Gasteiger partial charge in [0.2, 0.25) is 11.8 Å². The van der Waals surface area contributed by atoms with Crippen LogP contribution in [-0.4, -0.2) is 40.6 Å². The lowest BCUT2D eigenvalue weighted by atomic mass is 9.36. The van der Waals surface area contributed by atoms with E-state index >= 15 is 0 Å². The Labute approximate surface area is 179 Å². The van der Waals surface area contributed by atoms with Crippen molar-refractivity contribution >= 4 is 17.9 Å². The van der Waals surface area contributed by atoms with Crippen LogP contribution >= 0.6 is 0 Å². The molecule has 31 heavy (non-hydrogen) atoms. The minimum absolute atomic E-state index is 0.00420. The molecule has 3 N–H and O–H groups in total. The zero-order chi connectivity index (χ0) is 21.8. The van der Waals surface area contributed by atoms with Gasteiger partial charge in [0.15, 0.2) is 0 Å². The Kier molecular flexibility index (Phi) is 4.53. The van der Waals surface area contributed by atoms with Gasteiger partial charge in [-0.15, -0.1) is 0 Å². The molecule has 162 valence electrons. The van der Waals surface area contributed by atoms with Crippen molar-refractivity contribution in [3.8, 4) is 6.07 Å². The molecule has 2 aliphatic heterocycles. The van der Waals surface area contributed by atoms with E-state index in [9.17, 15) is 19.5 Å². The first-order valence-electron chi connectivity index (χ1n) is 10.5. The highest BCUT2D eigenvalue weighted by molar-refractivity contribution is 6.00. The van der Waals surface area contributed by atoms with Gasteiger partial charge in [0.25, 0.3) is 0 Å². The lowest BCUT2D eigenvalue weighted by Gasteiger charge is -2.66. The van der Waals surface area contributed by atoms with Crippen LogP contribution in [0.25, 0.3) is 0 Å². The highest BCUT2D eigenvalue weighted by Gasteiger charge is 2.68. The molecule has 0 aromatic heterocycles. The first-order valence-corrected chi connectivity index (χ1v) is 10.5. The number of fused-ring (bicyclic) bond motifs is 1. The summed E-state index contributed by atoms with van der Waals surface area (Å²) in [7, 11) is 0. The van der Waals surface area contributed by atoms with Gasteiger partial charge in [-0.1, -0.05) is 12.1 Å². The third-order valence-electron chi connectivity index (χ3n) is 7.09. The molecule has 4 fully saturated rings. The summed E-state index contributed by atoms with van der Waals surface area (Å²) >= 11 is 0. The molecule has 1 saturated heterocycles. The summed E-state index contributed by atoms with van der Waals surface area (Å²) in [6.07, 6.45) is 1.64. The average molecular weight is 424 g/mol. The van der Waals surface area contributed by atoms with E-state index in [0.717, 1.165) is 30.4 Å². The SMILES string of the molecule is N#CC12CC(COC(=O)NCc3ccc4c(c3)C(O)N(C3CCC(=O)NC3=O)C4)(C1)C2. The molecule has 9 nitrogen and oxygen atoms in total. The Morgan fingerprint density at radius 3 is 2.84 bits per heavy atom. The predicted octanol–water partition coefficient (Wildman–Crippen LogP) is 1.22. The van der Waals surface area contributed by atoms with Crippen LogP contribution in [0.15, 0.2) is 18.2 Å². The van der Waals surface area contributed by atoms with Gasteiger partial charge in [0.05, 0.1) is 24.1 Å². The lowest BCUT2D eigenvalue weighted by Crippen LogP contribution is -2.63. The molecule has 0 radical (unpaired) electrons. The molecule has 5 aliphatic rings. The van der Waals surface area contributed by atoms with Crippen molar-refractivity contribution in [3.05, 3.63) is 34.9 Å². The Bertz CT molecular complexity index is 996. The van der Waals surface area contributed by atoms with Crippen LogP contribution in [0.5, 0.6) is 0 Å². The molecule has 2 bridgehead atoms. The molecule has 1 aromatic carbocycles. The number of nitriles is 1. The summed E-state index contributed by atoms with van der Waals surface area (Å²) in [4.78, 5) is 37.3. The summed E-state index contributed by atoms with van der Waals surface area (Å²) in [5, 5.41) is 24.9. The second kappa shape index (κ2) is 7.04. The Morgan fingerprint density at radius 1 is 1.35 bits per heavy atom. The summed E-state index contributed by atoms with van der Waals surface area (Å²) in [5.74, 6) is -0.663. The number of carbonyl (C=O) groups is 3. The van der Waals surface area contributed by atoms with E-state index < -0.39 is 18.4 Å². The molecule has 3 aliphatic carbocycles. The molecule has 0 spiro atoms. The van der Waals surface area contributed by atoms with Crippen molar-refractivity contribution in [2.24, 2.45) is 10.8 Å². The molecule has 3 amide bonds. The number of aliphatic hydroxyl groups excluding tert-OH is 1. The summed E-state index contributed by atoms with van der Waals surface area (Å²) in [5.41, 5.74) is 2.28.